The second kappa shape index (κ2) is 5.18. The fourth-order valence-electron chi connectivity index (χ4n) is 1.41. The normalized spacial score (nSPS) is 10.7. The number of hydrogen-bond acceptors (Lipinski definition) is 3. The van der Waals surface area contributed by atoms with E-state index in [2.05, 4.69) is 15.4 Å². The molecule has 0 atom stereocenters. The molecule has 0 bridgehead atoms. The van der Waals surface area contributed by atoms with Crippen molar-refractivity contribution < 1.29 is 4.79 Å². The van der Waals surface area contributed by atoms with Crippen LogP contribution in [0.5, 0.6) is 0 Å². The van der Waals surface area contributed by atoms with Crippen molar-refractivity contribution in [2.75, 3.05) is 5.32 Å². The average molecular weight is 265 g/mol. The van der Waals surface area contributed by atoms with Crippen LogP contribution in [-0.2, 0) is 0 Å². The van der Waals surface area contributed by atoms with Crippen LogP contribution in [0, 0.1) is 0 Å². The summed E-state index contributed by atoms with van der Waals surface area (Å²) in [5, 5.41) is 7.33. The maximum atomic E-state index is 11.9. The third-order valence-electron chi connectivity index (χ3n) is 2.34. The van der Waals surface area contributed by atoms with Gasteiger partial charge < -0.3 is 5.32 Å². The molecule has 0 aliphatic heterocycles. The number of nitrogens with one attached hydrogen (secondary N) is 1. The van der Waals surface area contributed by atoms with Gasteiger partial charge in [0.25, 0.3) is 5.91 Å². The number of carbonyl (C=O) groups is 1. The van der Waals surface area contributed by atoms with Crippen molar-refractivity contribution in [3.05, 3.63) is 41.4 Å². The van der Waals surface area contributed by atoms with E-state index < -0.39 is 0 Å². The Balaban J connectivity index is 2.11. The van der Waals surface area contributed by atoms with E-state index in [0.717, 1.165) is 0 Å². The molecule has 0 aliphatic carbocycles. The minimum atomic E-state index is -0.305. The van der Waals surface area contributed by atoms with Crippen molar-refractivity contribution in [1.29, 1.82) is 0 Å². The first kappa shape index (κ1) is 12.6. The number of nitrogens with zero attached hydrogens (tertiary/aromatic N) is 3. The minimum absolute atomic E-state index is 0.250. The van der Waals surface area contributed by atoms with Gasteiger partial charge in [-0.3, -0.25) is 14.5 Å². The molecule has 1 amide bonds. The Morgan fingerprint density at radius 3 is 2.89 bits per heavy atom. The number of anilines is 1. The van der Waals surface area contributed by atoms with Crippen LogP contribution in [0.4, 0.5) is 5.69 Å². The van der Waals surface area contributed by atoms with E-state index >= 15 is 0 Å². The lowest BCUT2D eigenvalue weighted by Crippen LogP contribution is -2.13. The van der Waals surface area contributed by atoms with E-state index in [-0.39, 0.29) is 17.6 Å². The summed E-state index contributed by atoms with van der Waals surface area (Å²) in [5.41, 5.74) is 0.912. The Kier molecular flexibility index (Phi) is 3.62. The molecule has 0 spiro atoms. The van der Waals surface area contributed by atoms with Gasteiger partial charge in [-0.05, 0) is 26.0 Å². The highest BCUT2D eigenvalue weighted by Crippen LogP contribution is 2.12. The van der Waals surface area contributed by atoms with Gasteiger partial charge in [-0.15, -0.1) is 0 Å². The summed E-state index contributed by atoms with van der Waals surface area (Å²) in [6, 6.07) is 3.39. The zero-order chi connectivity index (χ0) is 13.1. The maximum Gasteiger partial charge on any atom is 0.274 e. The Morgan fingerprint density at radius 1 is 1.50 bits per heavy atom. The molecule has 0 saturated heterocycles. The van der Waals surface area contributed by atoms with Crippen molar-refractivity contribution >= 4 is 23.2 Å². The lowest BCUT2D eigenvalue weighted by atomic mass is 10.3. The van der Waals surface area contributed by atoms with Crippen molar-refractivity contribution in [3.8, 4) is 0 Å². The quantitative estimate of drug-likeness (QED) is 0.927. The van der Waals surface area contributed by atoms with Crippen LogP contribution in [0.1, 0.15) is 30.4 Å². The second-order valence-corrected chi connectivity index (χ2v) is 4.55. The number of pyridine rings is 1. The van der Waals surface area contributed by atoms with Gasteiger partial charge in [0, 0.05) is 23.5 Å². The average Bonchev–Trinajstić information content (AvgIpc) is 2.77. The molecule has 18 heavy (non-hydrogen) atoms. The van der Waals surface area contributed by atoms with Crippen molar-refractivity contribution in [2.24, 2.45) is 0 Å². The van der Waals surface area contributed by atoms with E-state index in [9.17, 15) is 4.79 Å². The molecule has 1 N–H and O–H groups in total. The van der Waals surface area contributed by atoms with Gasteiger partial charge in [-0.2, -0.15) is 5.10 Å². The first-order chi connectivity index (χ1) is 8.56. The lowest BCUT2D eigenvalue weighted by molar-refractivity contribution is 0.102. The molecular weight excluding hydrogens is 252 g/mol. The molecule has 2 heterocycles. The highest BCUT2D eigenvalue weighted by Gasteiger charge is 2.09. The van der Waals surface area contributed by atoms with E-state index in [1.807, 2.05) is 13.8 Å². The summed E-state index contributed by atoms with van der Waals surface area (Å²) in [5.74, 6) is -0.305. The van der Waals surface area contributed by atoms with Crippen LogP contribution in [0.25, 0.3) is 0 Å². The molecule has 2 rings (SSSR count). The van der Waals surface area contributed by atoms with Crippen molar-refractivity contribution in [2.45, 2.75) is 19.9 Å². The van der Waals surface area contributed by atoms with Crippen LogP contribution in [-0.4, -0.2) is 20.7 Å². The topological polar surface area (TPSA) is 59.8 Å². The van der Waals surface area contributed by atoms with E-state index in [1.54, 1.807) is 23.1 Å². The van der Waals surface area contributed by atoms with Gasteiger partial charge in [0.15, 0.2) is 0 Å². The first-order valence-corrected chi connectivity index (χ1v) is 5.91. The number of amides is 1. The smallest absolute Gasteiger partial charge is 0.274 e. The predicted molar refractivity (Wildman–Crippen MR) is 69.8 cm³/mol. The molecule has 0 fully saturated rings. The maximum absolute atomic E-state index is 11.9. The second-order valence-electron chi connectivity index (χ2n) is 4.12. The molecule has 0 aromatic carbocycles. The summed E-state index contributed by atoms with van der Waals surface area (Å²) < 4.78 is 1.76. The molecule has 2 aromatic heterocycles. The Bertz CT molecular complexity index is 565. The Morgan fingerprint density at radius 2 is 2.28 bits per heavy atom. The fourth-order valence-corrected chi connectivity index (χ4v) is 1.57. The standard InChI is InChI=1S/C12H13ClN4O/c1-8(2)17-7-10(6-15-17)16-12(18)11-5-9(13)3-4-14-11/h3-8H,1-2H3,(H,16,18). The van der Waals surface area contributed by atoms with Crippen molar-refractivity contribution in [1.82, 2.24) is 14.8 Å². The summed E-state index contributed by atoms with van der Waals surface area (Å²) in [6.07, 6.45) is 4.87. The molecule has 6 heteroatoms. The van der Waals surface area contributed by atoms with Gasteiger partial charge in [0.2, 0.25) is 0 Å². The predicted octanol–water partition coefficient (Wildman–Crippen LogP) is 2.76. The molecule has 0 radical (unpaired) electrons. The van der Waals surface area contributed by atoms with E-state index in [4.69, 9.17) is 11.6 Å². The third kappa shape index (κ3) is 2.87. The minimum Gasteiger partial charge on any atom is -0.318 e. The first-order valence-electron chi connectivity index (χ1n) is 5.53. The summed E-state index contributed by atoms with van der Waals surface area (Å²) >= 11 is 5.80. The molecule has 5 nitrogen and oxygen atoms in total. The largest absolute Gasteiger partial charge is 0.318 e. The number of halogens is 1. The Hall–Kier alpha value is -1.88. The van der Waals surface area contributed by atoms with E-state index in [1.165, 1.54) is 12.3 Å². The molecule has 0 aliphatic rings. The zero-order valence-corrected chi connectivity index (χ0v) is 10.8. The highest BCUT2D eigenvalue weighted by atomic mass is 35.5. The number of hydrogen-bond donors (Lipinski definition) is 1. The van der Waals surface area contributed by atoms with Crippen LogP contribution in [0.2, 0.25) is 5.02 Å². The lowest BCUT2D eigenvalue weighted by Gasteiger charge is -2.04. The summed E-state index contributed by atoms with van der Waals surface area (Å²) in [6.45, 7) is 4.02. The highest BCUT2D eigenvalue weighted by molar-refractivity contribution is 6.30. The van der Waals surface area contributed by atoms with Gasteiger partial charge in [0.05, 0.1) is 11.9 Å². The van der Waals surface area contributed by atoms with Crippen LogP contribution in [0.3, 0.4) is 0 Å². The van der Waals surface area contributed by atoms with Crippen LogP contribution >= 0.6 is 11.6 Å². The van der Waals surface area contributed by atoms with Crippen LogP contribution in [0.15, 0.2) is 30.7 Å². The molecule has 2 aromatic rings. The van der Waals surface area contributed by atoms with Gasteiger partial charge in [0.1, 0.15) is 5.69 Å². The SMILES string of the molecule is CC(C)n1cc(NC(=O)c2cc(Cl)ccn2)cn1. The number of aromatic nitrogens is 3. The number of rotatable bonds is 3. The zero-order valence-electron chi connectivity index (χ0n) is 10.1. The van der Waals surface area contributed by atoms with Gasteiger partial charge >= 0.3 is 0 Å². The molecule has 0 saturated carbocycles. The van der Waals surface area contributed by atoms with Crippen LogP contribution < -0.4 is 5.32 Å². The fraction of sp³-hybridized carbons (Fsp3) is 0.250. The third-order valence-corrected chi connectivity index (χ3v) is 2.58. The van der Waals surface area contributed by atoms with Gasteiger partial charge in [-0.25, -0.2) is 0 Å². The monoisotopic (exact) mass is 264 g/mol. The molecule has 94 valence electrons. The summed E-state index contributed by atoms with van der Waals surface area (Å²) in [4.78, 5) is 15.8. The summed E-state index contributed by atoms with van der Waals surface area (Å²) in [7, 11) is 0. The van der Waals surface area contributed by atoms with E-state index in [0.29, 0.717) is 10.7 Å². The number of carbonyl (C=O) groups excluding carboxylic acids is 1. The van der Waals surface area contributed by atoms with Crippen molar-refractivity contribution in [3.63, 3.8) is 0 Å². The molecular formula is C12H13ClN4O. The Labute approximate surface area is 110 Å². The molecule has 0 unspecified atom stereocenters. The van der Waals surface area contributed by atoms with Gasteiger partial charge in [-0.1, -0.05) is 11.6 Å².